The van der Waals surface area contributed by atoms with Gasteiger partial charge in [-0.1, -0.05) is 23.4 Å². The molecule has 2 rings (SSSR count). The lowest BCUT2D eigenvalue weighted by molar-refractivity contribution is -0.113. The van der Waals surface area contributed by atoms with E-state index in [4.69, 9.17) is 17.3 Å². The fraction of sp³-hybridized carbons (Fsp3) is 0.182. The summed E-state index contributed by atoms with van der Waals surface area (Å²) in [5.74, 6) is 0.0398. The minimum Gasteiger partial charge on any atom is -0.399 e. The van der Waals surface area contributed by atoms with E-state index in [9.17, 15) is 4.79 Å². The van der Waals surface area contributed by atoms with Crippen LogP contribution in [0, 0.1) is 0 Å². The Morgan fingerprint density at radius 1 is 1.58 bits per heavy atom. The van der Waals surface area contributed by atoms with E-state index in [-0.39, 0.29) is 11.7 Å². The zero-order valence-electron chi connectivity index (χ0n) is 10.1. The summed E-state index contributed by atoms with van der Waals surface area (Å²) in [5, 5.41) is 7.75. The van der Waals surface area contributed by atoms with Crippen LogP contribution in [0.1, 0.15) is 0 Å². The lowest BCUT2D eigenvalue weighted by Crippen LogP contribution is -2.15. The number of nitrogens with one attached hydrogen (secondary N) is 1. The van der Waals surface area contributed by atoms with Crippen LogP contribution in [0.25, 0.3) is 0 Å². The van der Waals surface area contributed by atoms with Crippen LogP contribution in [-0.4, -0.2) is 26.4 Å². The van der Waals surface area contributed by atoms with Crippen molar-refractivity contribution in [3.8, 4) is 0 Å². The van der Waals surface area contributed by atoms with Gasteiger partial charge in [-0.05, 0) is 18.2 Å². The molecule has 0 aliphatic rings. The molecule has 0 atom stereocenters. The molecule has 1 aromatic carbocycles. The number of benzene rings is 1. The SMILES string of the molecule is Cn1ncnc1SCC(=O)Nc1cc(N)ccc1Cl. The number of carbonyl (C=O) groups is 1. The lowest BCUT2D eigenvalue weighted by atomic mass is 10.3. The number of aromatic nitrogens is 3. The van der Waals surface area contributed by atoms with Crippen LogP contribution in [-0.2, 0) is 11.8 Å². The Bertz CT molecular complexity index is 601. The molecule has 6 nitrogen and oxygen atoms in total. The van der Waals surface area contributed by atoms with E-state index in [1.807, 2.05) is 0 Å². The average Bonchev–Trinajstić information content (AvgIpc) is 2.77. The Hall–Kier alpha value is -1.73. The van der Waals surface area contributed by atoms with Gasteiger partial charge in [0.1, 0.15) is 6.33 Å². The predicted octanol–water partition coefficient (Wildman–Crippen LogP) is 1.78. The summed E-state index contributed by atoms with van der Waals surface area (Å²) in [6, 6.07) is 4.93. The van der Waals surface area contributed by atoms with E-state index in [1.54, 1.807) is 29.9 Å². The fourth-order valence-corrected chi connectivity index (χ4v) is 2.22. The van der Waals surface area contributed by atoms with E-state index >= 15 is 0 Å². The normalized spacial score (nSPS) is 10.4. The van der Waals surface area contributed by atoms with Gasteiger partial charge in [0.05, 0.1) is 16.5 Å². The molecule has 1 amide bonds. The van der Waals surface area contributed by atoms with Gasteiger partial charge in [-0.15, -0.1) is 0 Å². The number of rotatable bonds is 4. The summed E-state index contributed by atoms with van der Waals surface area (Å²) in [6.07, 6.45) is 1.44. The van der Waals surface area contributed by atoms with E-state index < -0.39 is 0 Å². The Morgan fingerprint density at radius 2 is 2.37 bits per heavy atom. The molecule has 1 aromatic heterocycles. The molecule has 1 heterocycles. The Morgan fingerprint density at radius 3 is 3.05 bits per heavy atom. The van der Waals surface area contributed by atoms with E-state index in [1.165, 1.54) is 18.1 Å². The fourth-order valence-electron chi connectivity index (χ4n) is 1.37. The average molecular weight is 298 g/mol. The maximum Gasteiger partial charge on any atom is 0.234 e. The Labute approximate surface area is 119 Å². The maximum atomic E-state index is 11.8. The van der Waals surface area contributed by atoms with Crippen molar-refractivity contribution in [1.29, 1.82) is 0 Å². The quantitative estimate of drug-likeness (QED) is 0.663. The van der Waals surface area contributed by atoms with Gasteiger partial charge < -0.3 is 11.1 Å². The number of anilines is 2. The van der Waals surface area contributed by atoms with Gasteiger partial charge in [-0.2, -0.15) is 5.10 Å². The van der Waals surface area contributed by atoms with Crippen molar-refractivity contribution in [2.75, 3.05) is 16.8 Å². The number of hydrogen-bond acceptors (Lipinski definition) is 5. The summed E-state index contributed by atoms with van der Waals surface area (Å²) in [4.78, 5) is 15.8. The van der Waals surface area contributed by atoms with Crippen molar-refractivity contribution < 1.29 is 4.79 Å². The highest BCUT2D eigenvalue weighted by atomic mass is 35.5. The Kier molecular flexibility index (Phi) is 4.28. The van der Waals surface area contributed by atoms with Crippen molar-refractivity contribution >= 4 is 40.6 Å². The second kappa shape index (κ2) is 5.94. The highest BCUT2D eigenvalue weighted by Crippen LogP contribution is 2.24. The molecule has 0 unspecified atom stereocenters. The minimum absolute atomic E-state index is 0.180. The molecule has 0 aliphatic heterocycles. The molecule has 0 spiro atoms. The third-order valence-corrected chi connectivity index (χ3v) is 3.63. The highest BCUT2D eigenvalue weighted by molar-refractivity contribution is 7.99. The van der Waals surface area contributed by atoms with Gasteiger partial charge in [0.2, 0.25) is 5.91 Å². The zero-order chi connectivity index (χ0) is 13.8. The van der Waals surface area contributed by atoms with Gasteiger partial charge in [0.25, 0.3) is 0 Å². The van der Waals surface area contributed by atoms with Gasteiger partial charge in [0, 0.05) is 12.7 Å². The van der Waals surface area contributed by atoms with Crippen LogP contribution in [0.15, 0.2) is 29.7 Å². The van der Waals surface area contributed by atoms with Crippen LogP contribution in [0.3, 0.4) is 0 Å². The van der Waals surface area contributed by atoms with Gasteiger partial charge >= 0.3 is 0 Å². The lowest BCUT2D eigenvalue weighted by Gasteiger charge is -2.07. The summed E-state index contributed by atoms with van der Waals surface area (Å²) < 4.78 is 1.60. The topological polar surface area (TPSA) is 85.8 Å². The second-order valence-electron chi connectivity index (χ2n) is 3.74. The maximum absolute atomic E-state index is 11.8. The van der Waals surface area contributed by atoms with E-state index in [2.05, 4.69) is 15.4 Å². The molecule has 0 fully saturated rings. The first kappa shape index (κ1) is 13.7. The molecule has 19 heavy (non-hydrogen) atoms. The third-order valence-electron chi connectivity index (χ3n) is 2.27. The van der Waals surface area contributed by atoms with Crippen molar-refractivity contribution in [1.82, 2.24) is 14.8 Å². The second-order valence-corrected chi connectivity index (χ2v) is 5.09. The molecule has 8 heteroatoms. The van der Waals surface area contributed by atoms with Crippen LogP contribution < -0.4 is 11.1 Å². The van der Waals surface area contributed by atoms with Gasteiger partial charge in [0.15, 0.2) is 5.16 Å². The first-order valence-electron chi connectivity index (χ1n) is 5.38. The monoisotopic (exact) mass is 297 g/mol. The smallest absolute Gasteiger partial charge is 0.234 e. The van der Waals surface area contributed by atoms with Crippen LogP contribution in [0.5, 0.6) is 0 Å². The summed E-state index contributed by atoms with van der Waals surface area (Å²) in [5.41, 5.74) is 6.68. The molecular weight excluding hydrogens is 286 g/mol. The molecule has 0 radical (unpaired) electrons. The number of hydrogen-bond donors (Lipinski definition) is 2. The Balaban J connectivity index is 1.94. The van der Waals surface area contributed by atoms with Crippen molar-refractivity contribution in [3.05, 3.63) is 29.5 Å². The van der Waals surface area contributed by atoms with Crippen LogP contribution in [0.2, 0.25) is 5.02 Å². The van der Waals surface area contributed by atoms with Crippen molar-refractivity contribution in [2.45, 2.75) is 5.16 Å². The summed E-state index contributed by atoms with van der Waals surface area (Å²) in [7, 11) is 1.77. The molecule has 0 saturated heterocycles. The number of nitrogens with two attached hydrogens (primary N) is 1. The van der Waals surface area contributed by atoms with Crippen LogP contribution >= 0.6 is 23.4 Å². The molecule has 3 N–H and O–H groups in total. The van der Waals surface area contributed by atoms with E-state index in [0.717, 1.165) is 0 Å². The highest BCUT2D eigenvalue weighted by Gasteiger charge is 2.09. The summed E-state index contributed by atoms with van der Waals surface area (Å²) in [6.45, 7) is 0. The number of carbonyl (C=O) groups excluding carboxylic acids is 1. The number of amides is 1. The largest absolute Gasteiger partial charge is 0.399 e. The van der Waals surface area contributed by atoms with Crippen molar-refractivity contribution in [2.24, 2.45) is 7.05 Å². The van der Waals surface area contributed by atoms with E-state index in [0.29, 0.717) is 21.6 Å². The number of nitrogens with zero attached hydrogens (tertiary/aromatic N) is 3. The zero-order valence-corrected chi connectivity index (χ0v) is 11.7. The van der Waals surface area contributed by atoms with Crippen molar-refractivity contribution in [3.63, 3.8) is 0 Å². The first-order chi connectivity index (χ1) is 9.06. The van der Waals surface area contributed by atoms with Crippen LogP contribution in [0.4, 0.5) is 11.4 Å². The standard InChI is InChI=1S/C11H12ClN5OS/c1-17-11(14-6-15-17)19-5-10(18)16-9-4-7(13)2-3-8(9)12/h2-4,6H,5,13H2,1H3,(H,16,18). The molecule has 100 valence electrons. The number of nitrogen functional groups attached to an aromatic ring is 1. The molecule has 0 saturated carbocycles. The summed E-state index contributed by atoms with van der Waals surface area (Å²) >= 11 is 7.26. The van der Waals surface area contributed by atoms with Gasteiger partial charge in [-0.25, -0.2) is 9.67 Å². The number of aryl methyl sites for hydroxylation is 1. The first-order valence-corrected chi connectivity index (χ1v) is 6.74. The molecule has 2 aromatic rings. The number of halogens is 1. The molecule has 0 bridgehead atoms. The predicted molar refractivity (Wildman–Crippen MR) is 76.2 cm³/mol. The molecule has 0 aliphatic carbocycles. The number of thioether (sulfide) groups is 1. The third kappa shape index (κ3) is 3.62. The van der Waals surface area contributed by atoms with Gasteiger partial charge in [-0.3, -0.25) is 4.79 Å². The molecular formula is C11H12ClN5OS. The minimum atomic E-state index is -0.180.